The number of aromatic amines is 1. The highest BCUT2D eigenvalue weighted by molar-refractivity contribution is 6.32. The van der Waals surface area contributed by atoms with Crippen molar-refractivity contribution in [3.05, 3.63) is 34.5 Å². The number of hydrogen-bond donors (Lipinski definition) is 1. The molecular formula is C13H6ClF6N5. The van der Waals surface area contributed by atoms with Gasteiger partial charge in [-0.05, 0) is 19.1 Å². The lowest BCUT2D eigenvalue weighted by Gasteiger charge is -2.09. The molecule has 0 aliphatic heterocycles. The zero-order valence-electron chi connectivity index (χ0n) is 12.1. The number of H-pyrrole nitrogens is 1. The molecule has 0 unspecified atom stereocenters. The summed E-state index contributed by atoms with van der Waals surface area (Å²) in [4.78, 5) is 15.6. The molecule has 5 nitrogen and oxygen atoms in total. The van der Waals surface area contributed by atoms with E-state index in [1.807, 2.05) is 0 Å². The number of fused-ring (bicyclic) bond motifs is 1. The van der Waals surface area contributed by atoms with Crippen LogP contribution in [0.5, 0.6) is 0 Å². The number of hydrogen-bond acceptors (Lipinski definition) is 4. The van der Waals surface area contributed by atoms with Crippen LogP contribution in [0.15, 0.2) is 12.1 Å². The van der Waals surface area contributed by atoms with E-state index >= 15 is 0 Å². The average molecular weight is 382 g/mol. The highest BCUT2D eigenvalue weighted by Gasteiger charge is 2.42. The topological polar surface area (TPSA) is 67.3 Å². The van der Waals surface area contributed by atoms with Crippen molar-refractivity contribution in [1.29, 1.82) is 0 Å². The van der Waals surface area contributed by atoms with Gasteiger partial charge in [0.05, 0.1) is 5.56 Å². The molecule has 0 amide bonds. The third kappa shape index (κ3) is 3.23. The van der Waals surface area contributed by atoms with E-state index in [1.165, 1.54) is 12.1 Å². The molecule has 25 heavy (non-hydrogen) atoms. The second-order valence-corrected chi connectivity index (χ2v) is 5.32. The highest BCUT2D eigenvalue weighted by atomic mass is 35.5. The van der Waals surface area contributed by atoms with Crippen molar-refractivity contribution in [3.63, 3.8) is 0 Å². The van der Waals surface area contributed by atoms with Crippen molar-refractivity contribution in [2.45, 2.75) is 19.3 Å². The smallest absolute Gasteiger partial charge is 0.335 e. The summed E-state index contributed by atoms with van der Waals surface area (Å²) in [6, 6.07) is 2.94. The minimum atomic E-state index is -5.16. The van der Waals surface area contributed by atoms with Crippen molar-refractivity contribution < 1.29 is 26.3 Å². The molecule has 0 aliphatic rings. The fraction of sp³-hybridized carbons (Fsp3) is 0.231. The molecule has 0 spiro atoms. The lowest BCUT2D eigenvalue weighted by Crippen LogP contribution is -2.17. The number of aryl methyl sites for hydroxylation is 1. The molecule has 3 heterocycles. The first kappa shape index (κ1) is 17.4. The van der Waals surface area contributed by atoms with Crippen LogP contribution in [-0.4, -0.2) is 24.9 Å². The Morgan fingerprint density at radius 2 is 1.60 bits per heavy atom. The molecule has 3 aromatic heterocycles. The summed E-state index contributed by atoms with van der Waals surface area (Å²) in [5.41, 5.74) is -2.65. The summed E-state index contributed by atoms with van der Waals surface area (Å²) in [7, 11) is 0. The van der Waals surface area contributed by atoms with E-state index in [2.05, 4.69) is 24.9 Å². The molecule has 132 valence electrons. The number of alkyl halides is 6. The van der Waals surface area contributed by atoms with Gasteiger partial charge in [0.15, 0.2) is 11.3 Å². The second-order valence-electron chi connectivity index (χ2n) is 4.97. The molecule has 0 fully saturated rings. The number of nitrogens with zero attached hydrogens (tertiary/aromatic N) is 4. The Hall–Kier alpha value is -2.43. The van der Waals surface area contributed by atoms with Crippen LogP contribution in [0.4, 0.5) is 26.3 Å². The maximum absolute atomic E-state index is 13.1. The van der Waals surface area contributed by atoms with E-state index in [1.54, 1.807) is 6.92 Å². The summed E-state index contributed by atoms with van der Waals surface area (Å²) in [5.74, 6) is -2.13. The first-order valence-electron chi connectivity index (χ1n) is 6.52. The summed E-state index contributed by atoms with van der Waals surface area (Å²) in [6.07, 6.45) is -10.3. The van der Waals surface area contributed by atoms with E-state index in [0.717, 1.165) is 0 Å². The van der Waals surface area contributed by atoms with Crippen molar-refractivity contribution in [2.24, 2.45) is 0 Å². The van der Waals surface area contributed by atoms with E-state index in [-0.39, 0.29) is 16.5 Å². The van der Waals surface area contributed by atoms with Crippen LogP contribution >= 0.6 is 11.6 Å². The lowest BCUT2D eigenvalue weighted by atomic mass is 10.2. The summed E-state index contributed by atoms with van der Waals surface area (Å²) in [6.45, 7) is 1.64. The lowest BCUT2D eigenvalue weighted by molar-refractivity contribution is -0.151. The van der Waals surface area contributed by atoms with Gasteiger partial charge in [0.2, 0.25) is 5.82 Å². The van der Waals surface area contributed by atoms with Gasteiger partial charge in [-0.15, -0.1) is 0 Å². The van der Waals surface area contributed by atoms with Crippen LogP contribution in [0.2, 0.25) is 5.15 Å². The molecule has 1 N–H and O–H groups in total. The third-order valence-electron chi connectivity index (χ3n) is 3.12. The van der Waals surface area contributed by atoms with Gasteiger partial charge in [0, 0.05) is 5.69 Å². The standard InChI is InChI=1S/C13H6ClF6N5/c1-4-2-3-5(8(14)21-4)9-22-6-7(12(15,16)17)23-11(13(18,19)20)25-10(6)24-9/h2-3H,1H3,(H,22,23,24,25). The van der Waals surface area contributed by atoms with E-state index in [0.29, 0.717) is 5.69 Å². The van der Waals surface area contributed by atoms with E-state index in [9.17, 15) is 26.3 Å². The SMILES string of the molecule is Cc1ccc(-c2nc3nc(C(F)(F)F)nc(C(F)(F)F)c3[nH]2)c(Cl)n1. The molecule has 0 saturated heterocycles. The number of nitrogens with one attached hydrogen (secondary N) is 1. The maximum atomic E-state index is 13.1. The molecule has 3 aromatic rings. The van der Waals surface area contributed by atoms with Gasteiger partial charge in [-0.25, -0.2) is 19.9 Å². The van der Waals surface area contributed by atoms with Crippen LogP contribution in [0.3, 0.4) is 0 Å². The maximum Gasteiger partial charge on any atom is 0.451 e. The van der Waals surface area contributed by atoms with Crippen LogP contribution in [0.1, 0.15) is 17.2 Å². The molecule has 0 saturated carbocycles. The van der Waals surface area contributed by atoms with E-state index in [4.69, 9.17) is 11.6 Å². The minimum Gasteiger partial charge on any atom is -0.335 e. The molecule has 0 aromatic carbocycles. The number of rotatable bonds is 1. The summed E-state index contributed by atoms with van der Waals surface area (Å²) in [5, 5.41) is -0.0726. The van der Waals surface area contributed by atoms with E-state index < -0.39 is 35.0 Å². The third-order valence-corrected chi connectivity index (χ3v) is 3.40. The summed E-state index contributed by atoms with van der Waals surface area (Å²) >= 11 is 5.92. The van der Waals surface area contributed by atoms with Crippen LogP contribution in [-0.2, 0) is 12.4 Å². The Balaban J connectivity index is 2.29. The summed E-state index contributed by atoms with van der Waals surface area (Å²) < 4.78 is 77.5. The fourth-order valence-corrected chi connectivity index (χ4v) is 2.34. The minimum absolute atomic E-state index is 0.0726. The largest absolute Gasteiger partial charge is 0.451 e. The first-order chi connectivity index (χ1) is 11.5. The molecule has 12 heteroatoms. The predicted octanol–water partition coefficient (Wildman–Crippen LogP) is 4.41. The molecule has 0 radical (unpaired) electrons. The van der Waals surface area contributed by atoms with Gasteiger partial charge >= 0.3 is 12.4 Å². The monoisotopic (exact) mass is 381 g/mol. The van der Waals surface area contributed by atoms with Crippen LogP contribution in [0, 0.1) is 6.92 Å². The zero-order valence-corrected chi connectivity index (χ0v) is 12.8. The number of imidazole rings is 1. The van der Waals surface area contributed by atoms with Gasteiger partial charge in [0.25, 0.3) is 0 Å². The normalized spacial score (nSPS) is 12.8. The van der Waals surface area contributed by atoms with Gasteiger partial charge in [0.1, 0.15) is 16.5 Å². The zero-order chi connectivity index (χ0) is 18.6. The van der Waals surface area contributed by atoms with Crippen LogP contribution < -0.4 is 0 Å². The molecule has 0 bridgehead atoms. The molecule has 0 atom stereocenters. The molecular weight excluding hydrogens is 376 g/mol. The Morgan fingerprint density at radius 1 is 0.920 bits per heavy atom. The molecule has 0 aliphatic carbocycles. The van der Waals surface area contributed by atoms with Gasteiger partial charge in [-0.2, -0.15) is 26.3 Å². The quantitative estimate of drug-likeness (QED) is 0.500. The number of halogens is 7. The van der Waals surface area contributed by atoms with Gasteiger partial charge in [-0.1, -0.05) is 11.6 Å². The van der Waals surface area contributed by atoms with Crippen molar-refractivity contribution >= 4 is 22.8 Å². The molecule has 3 rings (SSSR count). The van der Waals surface area contributed by atoms with Crippen molar-refractivity contribution in [1.82, 2.24) is 24.9 Å². The van der Waals surface area contributed by atoms with Gasteiger partial charge < -0.3 is 4.98 Å². The fourth-order valence-electron chi connectivity index (χ4n) is 2.06. The number of aromatic nitrogens is 5. The average Bonchev–Trinajstić information content (AvgIpc) is 2.87. The Kier molecular flexibility index (Phi) is 3.86. The Bertz CT molecular complexity index is 962. The number of pyridine rings is 1. The Morgan fingerprint density at radius 3 is 2.16 bits per heavy atom. The Labute approximate surface area is 140 Å². The van der Waals surface area contributed by atoms with Crippen molar-refractivity contribution in [2.75, 3.05) is 0 Å². The van der Waals surface area contributed by atoms with Gasteiger partial charge in [-0.3, -0.25) is 0 Å². The highest BCUT2D eigenvalue weighted by Crippen LogP contribution is 2.36. The van der Waals surface area contributed by atoms with Crippen molar-refractivity contribution in [3.8, 4) is 11.4 Å². The van der Waals surface area contributed by atoms with Crippen LogP contribution in [0.25, 0.3) is 22.6 Å². The first-order valence-corrected chi connectivity index (χ1v) is 6.90. The predicted molar refractivity (Wildman–Crippen MR) is 74.7 cm³/mol. The second kappa shape index (κ2) is 5.55.